The van der Waals surface area contributed by atoms with Gasteiger partial charge >= 0.3 is 0 Å². The number of alkyl halides is 2. The van der Waals surface area contributed by atoms with E-state index >= 15 is 0 Å². The maximum absolute atomic E-state index is 12.3. The van der Waals surface area contributed by atoms with Gasteiger partial charge in [-0.05, 0) is 13.8 Å². The van der Waals surface area contributed by atoms with Crippen LogP contribution in [0.4, 0.5) is 14.5 Å². The smallest absolute Gasteiger partial charge is 0.257 e. The van der Waals surface area contributed by atoms with Crippen molar-refractivity contribution in [3.8, 4) is 0 Å². The number of aromatic nitrogens is 4. The Labute approximate surface area is 122 Å². The lowest BCUT2D eigenvalue weighted by Crippen LogP contribution is -2.10. The molecule has 0 fully saturated rings. The molecule has 20 heavy (non-hydrogen) atoms. The standard InChI is InChI=1S/C12H17F2N5.ClH/c1-8-11(6-18(3)17-8)15-4-10-5-16-19(9(10)2)7-12(13)14;/h5-6,12,15H,4,7H2,1-3H3;1H. The number of nitrogens with zero attached hydrogens (tertiary/aromatic N) is 4. The molecule has 0 bridgehead atoms. The lowest BCUT2D eigenvalue weighted by Gasteiger charge is -2.06. The number of aryl methyl sites for hydroxylation is 2. The molecule has 8 heteroatoms. The fourth-order valence-electron chi connectivity index (χ4n) is 1.94. The van der Waals surface area contributed by atoms with E-state index in [1.54, 1.807) is 17.8 Å². The molecule has 0 radical (unpaired) electrons. The highest BCUT2D eigenvalue weighted by molar-refractivity contribution is 5.85. The predicted octanol–water partition coefficient (Wildman–Crippen LogP) is 2.53. The van der Waals surface area contributed by atoms with Gasteiger partial charge < -0.3 is 5.32 Å². The van der Waals surface area contributed by atoms with E-state index < -0.39 is 6.43 Å². The number of rotatable bonds is 5. The predicted molar refractivity (Wildman–Crippen MR) is 75.5 cm³/mol. The number of anilines is 1. The van der Waals surface area contributed by atoms with Crippen molar-refractivity contribution in [2.45, 2.75) is 33.4 Å². The molecule has 112 valence electrons. The monoisotopic (exact) mass is 305 g/mol. The van der Waals surface area contributed by atoms with Crippen molar-refractivity contribution < 1.29 is 8.78 Å². The van der Waals surface area contributed by atoms with Crippen LogP contribution in [0.1, 0.15) is 17.0 Å². The molecule has 0 aromatic carbocycles. The number of nitrogens with one attached hydrogen (secondary N) is 1. The molecule has 2 heterocycles. The van der Waals surface area contributed by atoms with Crippen molar-refractivity contribution in [3.63, 3.8) is 0 Å². The van der Waals surface area contributed by atoms with Crippen molar-refractivity contribution >= 4 is 18.1 Å². The zero-order valence-electron chi connectivity index (χ0n) is 11.6. The first-order valence-corrected chi connectivity index (χ1v) is 6.01. The lowest BCUT2D eigenvalue weighted by molar-refractivity contribution is 0.121. The van der Waals surface area contributed by atoms with Crippen LogP contribution in [-0.4, -0.2) is 26.0 Å². The van der Waals surface area contributed by atoms with Gasteiger partial charge in [0.2, 0.25) is 0 Å². The van der Waals surface area contributed by atoms with Gasteiger partial charge in [0, 0.05) is 31.0 Å². The second-order valence-corrected chi connectivity index (χ2v) is 4.48. The molecule has 0 atom stereocenters. The van der Waals surface area contributed by atoms with Crippen LogP contribution in [-0.2, 0) is 20.1 Å². The van der Waals surface area contributed by atoms with Crippen LogP contribution in [0.2, 0.25) is 0 Å². The quantitative estimate of drug-likeness (QED) is 0.923. The Kier molecular flexibility index (Phi) is 5.50. The van der Waals surface area contributed by atoms with Crippen LogP contribution in [0.3, 0.4) is 0 Å². The summed E-state index contributed by atoms with van der Waals surface area (Å²) in [6, 6.07) is 0. The van der Waals surface area contributed by atoms with Gasteiger partial charge in [-0.25, -0.2) is 8.78 Å². The summed E-state index contributed by atoms with van der Waals surface area (Å²) >= 11 is 0. The van der Waals surface area contributed by atoms with Crippen molar-refractivity contribution in [2.75, 3.05) is 5.32 Å². The summed E-state index contributed by atoms with van der Waals surface area (Å²) in [5.74, 6) is 0. The SMILES string of the molecule is Cc1nn(C)cc1NCc1cnn(CC(F)F)c1C.Cl. The van der Waals surface area contributed by atoms with E-state index in [-0.39, 0.29) is 19.0 Å². The van der Waals surface area contributed by atoms with Crippen molar-refractivity contribution in [1.29, 1.82) is 0 Å². The zero-order valence-corrected chi connectivity index (χ0v) is 12.4. The highest BCUT2D eigenvalue weighted by atomic mass is 35.5. The van der Waals surface area contributed by atoms with Gasteiger partial charge in [-0.2, -0.15) is 10.2 Å². The zero-order chi connectivity index (χ0) is 14.0. The van der Waals surface area contributed by atoms with Crippen molar-refractivity contribution in [1.82, 2.24) is 19.6 Å². The molecule has 5 nitrogen and oxygen atoms in total. The Bertz CT molecular complexity index is 564. The van der Waals surface area contributed by atoms with Gasteiger partial charge in [0.05, 0.1) is 17.6 Å². The van der Waals surface area contributed by atoms with E-state index in [2.05, 4.69) is 15.5 Å². The Morgan fingerprint density at radius 3 is 2.60 bits per heavy atom. The average Bonchev–Trinajstić information content (AvgIpc) is 2.81. The van der Waals surface area contributed by atoms with Gasteiger partial charge in [0.15, 0.2) is 0 Å². The van der Waals surface area contributed by atoms with Crippen LogP contribution in [0.5, 0.6) is 0 Å². The van der Waals surface area contributed by atoms with E-state index in [0.29, 0.717) is 6.54 Å². The second-order valence-electron chi connectivity index (χ2n) is 4.48. The van der Waals surface area contributed by atoms with Crippen molar-refractivity contribution in [2.24, 2.45) is 7.05 Å². The Hall–Kier alpha value is -1.63. The summed E-state index contributed by atoms with van der Waals surface area (Å²) in [6.07, 6.45) is 1.12. The highest BCUT2D eigenvalue weighted by Gasteiger charge is 2.11. The molecule has 0 unspecified atom stereocenters. The first kappa shape index (κ1) is 16.4. The Morgan fingerprint density at radius 1 is 1.35 bits per heavy atom. The largest absolute Gasteiger partial charge is 0.378 e. The minimum atomic E-state index is -2.39. The molecule has 2 aromatic heterocycles. The van der Waals surface area contributed by atoms with Crippen LogP contribution in [0.15, 0.2) is 12.4 Å². The summed E-state index contributed by atoms with van der Waals surface area (Å²) in [7, 11) is 1.85. The molecule has 0 amide bonds. The van der Waals surface area contributed by atoms with Gasteiger partial charge in [0.1, 0.15) is 6.54 Å². The van der Waals surface area contributed by atoms with E-state index in [1.807, 2.05) is 20.2 Å². The molecular weight excluding hydrogens is 288 g/mol. The third-order valence-corrected chi connectivity index (χ3v) is 3.00. The molecule has 2 rings (SSSR count). The van der Waals surface area contributed by atoms with E-state index in [0.717, 1.165) is 22.6 Å². The van der Waals surface area contributed by atoms with Gasteiger partial charge in [-0.1, -0.05) is 0 Å². The summed E-state index contributed by atoms with van der Waals surface area (Å²) in [4.78, 5) is 0. The average molecular weight is 306 g/mol. The number of halogens is 3. The van der Waals surface area contributed by atoms with E-state index in [1.165, 1.54) is 4.68 Å². The summed E-state index contributed by atoms with van der Waals surface area (Å²) in [5, 5.41) is 11.4. The van der Waals surface area contributed by atoms with Crippen molar-refractivity contribution in [3.05, 3.63) is 29.3 Å². The molecule has 0 spiro atoms. The summed E-state index contributed by atoms with van der Waals surface area (Å²) < 4.78 is 27.7. The Balaban J connectivity index is 0.00000200. The summed E-state index contributed by atoms with van der Waals surface area (Å²) in [6.45, 7) is 3.89. The van der Waals surface area contributed by atoms with Crippen LogP contribution < -0.4 is 5.32 Å². The van der Waals surface area contributed by atoms with Crippen LogP contribution in [0.25, 0.3) is 0 Å². The molecule has 1 N–H and O–H groups in total. The molecule has 0 saturated carbocycles. The number of hydrogen-bond donors (Lipinski definition) is 1. The maximum atomic E-state index is 12.3. The van der Waals surface area contributed by atoms with E-state index in [9.17, 15) is 8.78 Å². The van der Waals surface area contributed by atoms with Crippen LogP contribution >= 0.6 is 12.4 Å². The lowest BCUT2D eigenvalue weighted by atomic mass is 10.2. The normalized spacial score (nSPS) is 10.7. The molecule has 0 aliphatic heterocycles. The second kappa shape index (κ2) is 6.69. The summed E-state index contributed by atoms with van der Waals surface area (Å²) in [5.41, 5.74) is 3.50. The van der Waals surface area contributed by atoms with Crippen LogP contribution in [0, 0.1) is 13.8 Å². The fraction of sp³-hybridized carbons (Fsp3) is 0.500. The van der Waals surface area contributed by atoms with Gasteiger partial charge in [-0.3, -0.25) is 9.36 Å². The molecule has 0 aliphatic rings. The number of hydrogen-bond acceptors (Lipinski definition) is 3. The van der Waals surface area contributed by atoms with Gasteiger partial charge in [0.25, 0.3) is 6.43 Å². The first-order chi connectivity index (χ1) is 8.97. The molecule has 0 aliphatic carbocycles. The molecule has 2 aromatic rings. The first-order valence-electron chi connectivity index (χ1n) is 6.01. The fourth-order valence-corrected chi connectivity index (χ4v) is 1.94. The van der Waals surface area contributed by atoms with Gasteiger partial charge in [-0.15, -0.1) is 12.4 Å². The highest BCUT2D eigenvalue weighted by Crippen LogP contribution is 2.15. The minimum Gasteiger partial charge on any atom is -0.378 e. The molecule has 0 saturated heterocycles. The Morgan fingerprint density at radius 2 is 2.05 bits per heavy atom. The molecular formula is C12H18ClF2N5. The minimum absolute atomic E-state index is 0. The third-order valence-electron chi connectivity index (χ3n) is 3.00. The topological polar surface area (TPSA) is 47.7 Å². The third kappa shape index (κ3) is 3.69. The van der Waals surface area contributed by atoms with E-state index in [4.69, 9.17) is 0 Å². The maximum Gasteiger partial charge on any atom is 0.257 e.